The van der Waals surface area contributed by atoms with Crippen molar-refractivity contribution in [2.45, 2.75) is 25.3 Å². The predicted molar refractivity (Wildman–Crippen MR) is 75.6 cm³/mol. The van der Waals surface area contributed by atoms with Crippen LogP contribution < -0.4 is 11.1 Å². The maximum absolute atomic E-state index is 9.34. The number of para-hydroxylation sites is 1. The van der Waals surface area contributed by atoms with E-state index in [1.54, 1.807) is 0 Å². The molecule has 2 aromatic rings. The molecular formula is C15H16N4. The third-order valence-corrected chi connectivity index (χ3v) is 3.75. The number of rotatable bonds is 2. The van der Waals surface area contributed by atoms with Crippen molar-refractivity contribution >= 4 is 16.7 Å². The second-order valence-electron chi connectivity index (χ2n) is 4.98. The summed E-state index contributed by atoms with van der Waals surface area (Å²) >= 11 is 0. The summed E-state index contributed by atoms with van der Waals surface area (Å²) in [4.78, 5) is 4.32. The molecular weight excluding hydrogens is 236 g/mol. The first-order valence-electron chi connectivity index (χ1n) is 6.60. The normalized spacial score (nSPS) is 18.6. The summed E-state index contributed by atoms with van der Waals surface area (Å²) in [6.45, 7) is 1.06. The van der Waals surface area contributed by atoms with Crippen LogP contribution in [-0.2, 0) is 6.42 Å². The number of nitrogens with one attached hydrogen (secondary N) is 1. The fraction of sp³-hybridized carbons (Fsp3) is 0.333. The van der Waals surface area contributed by atoms with Crippen LogP contribution >= 0.6 is 0 Å². The van der Waals surface area contributed by atoms with Crippen LogP contribution in [0, 0.1) is 11.3 Å². The third kappa shape index (κ3) is 2.13. The summed E-state index contributed by atoms with van der Waals surface area (Å²) in [6, 6.07) is 10.5. The number of nitrogens with zero attached hydrogens (tertiary/aromatic N) is 2. The van der Waals surface area contributed by atoms with E-state index in [9.17, 15) is 5.26 Å². The van der Waals surface area contributed by atoms with Crippen molar-refractivity contribution in [2.75, 3.05) is 12.3 Å². The first-order valence-corrected chi connectivity index (χ1v) is 6.60. The van der Waals surface area contributed by atoms with Crippen molar-refractivity contribution in [3.63, 3.8) is 0 Å². The molecule has 96 valence electrons. The van der Waals surface area contributed by atoms with Gasteiger partial charge in [0.25, 0.3) is 0 Å². The number of pyridine rings is 1. The van der Waals surface area contributed by atoms with Crippen molar-refractivity contribution in [3.05, 3.63) is 35.4 Å². The van der Waals surface area contributed by atoms with Crippen LogP contribution in [0.5, 0.6) is 0 Å². The number of anilines is 1. The molecule has 1 aromatic carbocycles. The van der Waals surface area contributed by atoms with Gasteiger partial charge in [-0.1, -0.05) is 18.2 Å². The van der Waals surface area contributed by atoms with Gasteiger partial charge in [0.15, 0.2) is 0 Å². The van der Waals surface area contributed by atoms with E-state index in [0.717, 1.165) is 35.9 Å². The van der Waals surface area contributed by atoms with Crippen molar-refractivity contribution in [1.29, 1.82) is 5.26 Å². The lowest BCUT2D eigenvalue weighted by molar-refractivity contribution is 0.604. The summed E-state index contributed by atoms with van der Waals surface area (Å²) in [5.41, 5.74) is 8.35. The first-order chi connectivity index (χ1) is 9.29. The standard InChI is InChI=1S/C15H16N4/c16-9-13-12(8-10-4-3-7-18-10)11-5-1-2-6-14(11)19-15(13)17/h1-2,5-6,10,18H,3-4,7-8H2,(H2,17,19). The first kappa shape index (κ1) is 11.9. The summed E-state index contributed by atoms with van der Waals surface area (Å²) in [7, 11) is 0. The van der Waals surface area contributed by atoms with Crippen molar-refractivity contribution in [3.8, 4) is 6.07 Å². The topological polar surface area (TPSA) is 74.7 Å². The Morgan fingerprint density at radius 1 is 1.42 bits per heavy atom. The van der Waals surface area contributed by atoms with E-state index in [-0.39, 0.29) is 0 Å². The van der Waals surface area contributed by atoms with Gasteiger partial charge in [-0.25, -0.2) is 4.98 Å². The zero-order valence-corrected chi connectivity index (χ0v) is 10.7. The monoisotopic (exact) mass is 252 g/mol. The van der Waals surface area contributed by atoms with Gasteiger partial charge >= 0.3 is 0 Å². The molecule has 1 fully saturated rings. The van der Waals surface area contributed by atoms with Gasteiger partial charge in [-0.2, -0.15) is 5.26 Å². The number of nitrogen functional groups attached to an aromatic ring is 1. The van der Waals surface area contributed by atoms with E-state index in [1.807, 2.05) is 24.3 Å². The Morgan fingerprint density at radius 3 is 3.00 bits per heavy atom. The number of hydrogen-bond donors (Lipinski definition) is 2. The van der Waals surface area contributed by atoms with Crippen LogP contribution in [0.4, 0.5) is 5.82 Å². The average molecular weight is 252 g/mol. The van der Waals surface area contributed by atoms with E-state index in [1.165, 1.54) is 6.42 Å². The third-order valence-electron chi connectivity index (χ3n) is 3.75. The number of benzene rings is 1. The molecule has 19 heavy (non-hydrogen) atoms. The lowest BCUT2D eigenvalue weighted by atomic mass is 9.96. The maximum Gasteiger partial charge on any atom is 0.142 e. The largest absolute Gasteiger partial charge is 0.383 e. The molecule has 0 radical (unpaired) electrons. The highest BCUT2D eigenvalue weighted by Gasteiger charge is 2.19. The molecule has 3 rings (SSSR count). The highest BCUT2D eigenvalue weighted by atomic mass is 14.9. The number of hydrogen-bond acceptors (Lipinski definition) is 4. The molecule has 1 aliphatic heterocycles. The summed E-state index contributed by atoms with van der Waals surface area (Å²) in [5.74, 6) is 0.342. The van der Waals surface area contributed by atoms with Gasteiger partial charge in [0.1, 0.15) is 11.9 Å². The predicted octanol–water partition coefficient (Wildman–Crippen LogP) is 1.98. The molecule has 0 bridgehead atoms. The quantitative estimate of drug-likeness (QED) is 0.857. The summed E-state index contributed by atoms with van der Waals surface area (Å²) < 4.78 is 0. The van der Waals surface area contributed by atoms with Crippen molar-refractivity contribution in [1.82, 2.24) is 10.3 Å². The smallest absolute Gasteiger partial charge is 0.142 e. The van der Waals surface area contributed by atoms with E-state index < -0.39 is 0 Å². The van der Waals surface area contributed by atoms with Crippen molar-refractivity contribution in [2.24, 2.45) is 0 Å². The highest BCUT2D eigenvalue weighted by Crippen LogP contribution is 2.27. The zero-order valence-electron chi connectivity index (χ0n) is 10.7. The summed E-state index contributed by atoms with van der Waals surface area (Å²) in [5, 5.41) is 13.9. The number of fused-ring (bicyclic) bond motifs is 1. The van der Waals surface area contributed by atoms with E-state index >= 15 is 0 Å². The van der Waals surface area contributed by atoms with Gasteiger partial charge in [-0.15, -0.1) is 0 Å². The lowest BCUT2D eigenvalue weighted by Gasteiger charge is -2.14. The molecule has 1 unspecified atom stereocenters. The van der Waals surface area contributed by atoms with Gasteiger partial charge in [-0.3, -0.25) is 0 Å². The number of nitriles is 1. The second kappa shape index (κ2) is 4.87. The van der Waals surface area contributed by atoms with Gasteiger partial charge in [0.2, 0.25) is 0 Å². The van der Waals surface area contributed by atoms with Crippen LogP contribution in [0.2, 0.25) is 0 Å². The fourth-order valence-corrected chi connectivity index (χ4v) is 2.82. The van der Waals surface area contributed by atoms with Gasteiger partial charge in [0.05, 0.1) is 11.1 Å². The zero-order chi connectivity index (χ0) is 13.2. The molecule has 0 saturated carbocycles. The average Bonchev–Trinajstić information content (AvgIpc) is 2.92. The van der Waals surface area contributed by atoms with Crippen LogP contribution in [-0.4, -0.2) is 17.6 Å². The Morgan fingerprint density at radius 2 is 2.26 bits per heavy atom. The second-order valence-corrected chi connectivity index (χ2v) is 4.98. The van der Waals surface area contributed by atoms with Crippen LogP contribution in [0.3, 0.4) is 0 Å². The van der Waals surface area contributed by atoms with Crippen LogP contribution in [0.1, 0.15) is 24.0 Å². The SMILES string of the molecule is N#Cc1c(N)nc2ccccc2c1CC1CCCN1. The molecule has 0 spiro atoms. The van der Waals surface area contributed by atoms with E-state index in [4.69, 9.17) is 5.73 Å². The number of aromatic nitrogens is 1. The van der Waals surface area contributed by atoms with Crippen LogP contribution in [0.25, 0.3) is 10.9 Å². The molecule has 2 heterocycles. The molecule has 1 aromatic heterocycles. The fourth-order valence-electron chi connectivity index (χ4n) is 2.82. The van der Waals surface area contributed by atoms with Crippen molar-refractivity contribution < 1.29 is 0 Å². The minimum atomic E-state index is 0.342. The Bertz CT molecular complexity index is 651. The van der Waals surface area contributed by atoms with Gasteiger partial charge in [-0.05, 0) is 37.4 Å². The molecule has 0 aliphatic carbocycles. The molecule has 1 saturated heterocycles. The molecule has 4 heteroatoms. The highest BCUT2D eigenvalue weighted by molar-refractivity contribution is 5.86. The van der Waals surface area contributed by atoms with E-state index in [0.29, 0.717) is 17.4 Å². The maximum atomic E-state index is 9.34. The molecule has 1 atom stereocenters. The Balaban J connectivity index is 2.15. The molecule has 1 aliphatic rings. The minimum Gasteiger partial charge on any atom is -0.383 e. The Labute approximate surface area is 112 Å². The van der Waals surface area contributed by atoms with Gasteiger partial charge < -0.3 is 11.1 Å². The molecule has 4 nitrogen and oxygen atoms in total. The lowest BCUT2D eigenvalue weighted by Crippen LogP contribution is -2.24. The minimum absolute atomic E-state index is 0.342. The Hall–Kier alpha value is -2.12. The molecule has 3 N–H and O–H groups in total. The summed E-state index contributed by atoms with van der Waals surface area (Å²) in [6.07, 6.45) is 3.20. The van der Waals surface area contributed by atoms with Crippen LogP contribution in [0.15, 0.2) is 24.3 Å². The van der Waals surface area contributed by atoms with Gasteiger partial charge in [0, 0.05) is 11.4 Å². The van der Waals surface area contributed by atoms with E-state index in [2.05, 4.69) is 16.4 Å². The number of nitrogens with two attached hydrogens (primary N) is 1. The molecule has 0 amide bonds. The Kier molecular flexibility index (Phi) is 3.06.